The van der Waals surface area contributed by atoms with E-state index >= 15 is 0 Å². The Morgan fingerprint density at radius 3 is 3.07 bits per heavy atom. The summed E-state index contributed by atoms with van der Waals surface area (Å²) >= 11 is 0. The van der Waals surface area contributed by atoms with Gasteiger partial charge in [0.15, 0.2) is 0 Å². The molecule has 1 aromatic rings. The fourth-order valence-electron chi connectivity index (χ4n) is 2.04. The van der Waals surface area contributed by atoms with E-state index in [-0.39, 0.29) is 0 Å². The van der Waals surface area contributed by atoms with Crippen LogP contribution in [0.3, 0.4) is 0 Å². The zero-order chi connectivity index (χ0) is 10.7. The number of aromatic amines is 1. The predicted molar refractivity (Wildman–Crippen MR) is 58.4 cm³/mol. The summed E-state index contributed by atoms with van der Waals surface area (Å²) in [6, 6.07) is 2.15. The van der Waals surface area contributed by atoms with Gasteiger partial charge < -0.3 is 5.11 Å². The van der Waals surface area contributed by atoms with Gasteiger partial charge in [-0.1, -0.05) is 13.3 Å². The molecule has 2 rings (SSSR count). The van der Waals surface area contributed by atoms with Crippen molar-refractivity contribution in [3.8, 4) is 0 Å². The summed E-state index contributed by atoms with van der Waals surface area (Å²) in [5.74, 6) is 0.489. The zero-order valence-electron chi connectivity index (χ0n) is 9.24. The van der Waals surface area contributed by atoms with Crippen LogP contribution in [0.25, 0.3) is 0 Å². The van der Waals surface area contributed by atoms with Crippen molar-refractivity contribution < 1.29 is 5.11 Å². The lowest BCUT2D eigenvalue weighted by Crippen LogP contribution is -2.47. The van der Waals surface area contributed by atoms with Gasteiger partial charge in [-0.05, 0) is 12.5 Å². The third kappa shape index (κ3) is 2.58. The molecule has 0 amide bonds. The highest BCUT2D eigenvalue weighted by Crippen LogP contribution is 2.17. The molecule has 84 valence electrons. The second-order valence-electron chi connectivity index (χ2n) is 4.38. The number of rotatable bonds is 5. The Morgan fingerprint density at radius 1 is 1.60 bits per heavy atom. The molecule has 0 radical (unpaired) electrons. The number of aromatic nitrogens is 2. The van der Waals surface area contributed by atoms with Gasteiger partial charge >= 0.3 is 0 Å². The van der Waals surface area contributed by atoms with Gasteiger partial charge in [0.25, 0.3) is 0 Å². The second kappa shape index (κ2) is 4.77. The molecule has 2 N–H and O–H groups in total. The number of likely N-dealkylation sites (tertiary alicyclic amines) is 1. The van der Waals surface area contributed by atoms with Gasteiger partial charge in [0.1, 0.15) is 0 Å². The summed E-state index contributed by atoms with van der Waals surface area (Å²) < 4.78 is 0. The molecule has 2 heterocycles. The van der Waals surface area contributed by atoms with Crippen LogP contribution in [0.1, 0.15) is 24.7 Å². The number of H-pyrrole nitrogens is 1. The summed E-state index contributed by atoms with van der Waals surface area (Å²) in [5, 5.41) is 16.2. The fraction of sp³-hybridized carbons (Fsp3) is 0.727. The Kier molecular flexibility index (Phi) is 3.38. The zero-order valence-corrected chi connectivity index (χ0v) is 9.24. The maximum absolute atomic E-state index is 8.90. The van der Waals surface area contributed by atoms with E-state index in [2.05, 4.69) is 28.1 Å². The highest BCUT2D eigenvalue weighted by atomic mass is 16.3. The van der Waals surface area contributed by atoms with Gasteiger partial charge in [-0.2, -0.15) is 5.10 Å². The molecule has 15 heavy (non-hydrogen) atoms. The van der Waals surface area contributed by atoms with E-state index in [1.807, 2.05) is 0 Å². The number of aryl methyl sites for hydroxylation is 1. The van der Waals surface area contributed by atoms with Crippen LogP contribution in [0.4, 0.5) is 0 Å². The summed E-state index contributed by atoms with van der Waals surface area (Å²) in [7, 11) is 0. The van der Waals surface area contributed by atoms with E-state index in [9.17, 15) is 0 Å². The largest absolute Gasteiger partial charge is 0.396 e. The smallest absolute Gasteiger partial charge is 0.0625 e. The number of hydrogen-bond acceptors (Lipinski definition) is 3. The Bertz CT molecular complexity index is 305. The van der Waals surface area contributed by atoms with Crippen molar-refractivity contribution >= 4 is 0 Å². The van der Waals surface area contributed by atoms with Crippen molar-refractivity contribution in [2.75, 3.05) is 19.7 Å². The van der Waals surface area contributed by atoms with E-state index in [0.717, 1.165) is 38.2 Å². The van der Waals surface area contributed by atoms with Gasteiger partial charge in [0.05, 0.1) is 5.69 Å². The van der Waals surface area contributed by atoms with Gasteiger partial charge in [-0.3, -0.25) is 10.00 Å². The highest BCUT2D eigenvalue weighted by Gasteiger charge is 2.25. The minimum atomic E-state index is 0.320. The number of nitrogens with zero attached hydrogens (tertiary/aromatic N) is 2. The molecule has 1 saturated heterocycles. The van der Waals surface area contributed by atoms with Crippen molar-refractivity contribution in [3.05, 3.63) is 17.5 Å². The molecule has 0 spiro atoms. The highest BCUT2D eigenvalue weighted by molar-refractivity contribution is 5.09. The monoisotopic (exact) mass is 209 g/mol. The van der Waals surface area contributed by atoms with Gasteiger partial charge in [0, 0.05) is 37.9 Å². The van der Waals surface area contributed by atoms with Crippen LogP contribution in [-0.4, -0.2) is 39.9 Å². The van der Waals surface area contributed by atoms with Crippen molar-refractivity contribution in [2.24, 2.45) is 5.92 Å². The second-order valence-corrected chi connectivity index (χ2v) is 4.38. The molecule has 1 fully saturated rings. The third-order valence-corrected chi connectivity index (χ3v) is 2.88. The quantitative estimate of drug-likeness (QED) is 0.753. The summed E-state index contributed by atoms with van der Waals surface area (Å²) in [6.45, 7) is 5.45. The molecular weight excluding hydrogens is 190 g/mol. The first-order valence-corrected chi connectivity index (χ1v) is 5.68. The molecular formula is C11H19N3O. The lowest BCUT2D eigenvalue weighted by molar-refractivity contribution is 0.0470. The van der Waals surface area contributed by atoms with Crippen LogP contribution >= 0.6 is 0 Å². The van der Waals surface area contributed by atoms with Crippen molar-refractivity contribution in [3.63, 3.8) is 0 Å². The molecule has 0 aromatic carbocycles. The maximum atomic E-state index is 8.90. The van der Waals surface area contributed by atoms with Crippen LogP contribution in [0.5, 0.6) is 0 Å². The first kappa shape index (κ1) is 10.6. The molecule has 0 bridgehead atoms. The number of nitrogens with one attached hydrogen (secondary N) is 1. The first-order chi connectivity index (χ1) is 7.31. The minimum absolute atomic E-state index is 0.320. The van der Waals surface area contributed by atoms with Crippen LogP contribution in [0, 0.1) is 5.92 Å². The van der Waals surface area contributed by atoms with E-state index in [1.165, 1.54) is 5.69 Å². The Morgan fingerprint density at radius 2 is 2.40 bits per heavy atom. The standard InChI is InChI=1S/C11H19N3O/c1-2-3-10-4-11(13-12-10)7-14-5-9(6-14)8-15/h4,9,15H,2-3,5-8H2,1H3,(H,12,13). The van der Waals surface area contributed by atoms with E-state index < -0.39 is 0 Å². The molecule has 1 aliphatic rings. The number of hydrogen-bond donors (Lipinski definition) is 2. The van der Waals surface area contributed by atoms with Gasteiger partial charge in [-0.15, -0.1) is 0 Å². The maximum Gasteiger partial charge on any atom is 0.0625 e. The van der Waals surface area contributed by atoms with E-state index in [1.54, 1.807) is 0 Å². The van der Waals surface area contributed by atoms with Crippen molar-refractivity contribution in [1.29, 1.82) is 0 Å². The molecule has 1 aromatic heterocycles. The van der Waals surface area contributed by atoms with Crippen LogP contribution < -0.4 is 0 Å². The Labute approximate surface area is 90.3 Å². The molecule has 4 heteroatoms. The lowest BCUT2D eigenvalue weighted by atomic mass is 10.0. The van der Waals surface area contributed by atoms with Crippen LogP contribution in [0.15, 0.2) is 6.07 Å². The predicted octanol–water partition coefficient (Wildman–Crippen LogP) is 0.786. The topological polar surface area (TPSA) is 52.1 Å². The first-order valence-electron chi connectivity index (χ1n) is 5.68. The Balaban J connectivity index is 1.79. The van der Waals surface area contributed by atoms with Crippen molar-refractivity contribution in [1.82, 2.24) is 15.1 Å². The fourth-order valence-corrected chi connectivity index (χ4v) is 2.04. The summed E-state index contributed by atoms with van der Waals surface area (Å²) in [4.78, 5) is 2.32. The molecule has 0 atom stereocenters. The molecule has 0 aliphatic carbocycles. The third-order valence-electron chi connectivity index (χ3n) is 2.88. The average molecular weight is 209 g/mol. The SMILES string of the molecule is CCCc1cc(CN2CC(CO)C2)[nH]n1. The summed E-state index contributed by atoms with van der Waals surface area (Å²) in [6.07, 6.45) is 2.19. The molecule has 0 saturated carbocycles. The van der Waals surface area contributed by atoms with Crippen LogP contribution in [-0.2, 0) is 13.0 Å². The summed E-state index contributed by atoms with van der Waals surface area (Å²) in [5.41, 5.74) is 2.35. The normalized spacial score (nSPS) is 18.0. The van der Waals surface area contributed by atoms with Crippen LogP contribution in [0.2, 0.25) is 0 Å². The van der Waals surface area contributed by atoms with E-state index in [0.29, 0.717) is 12.5 Å². The number of aliphatic hydroxyl groups excluding tert-OH is 1. The molecule has 1 aliphatic heterocycles. The Hall–Kier alpha value is -0.870. The van der Waals surface area contributed by atoms with E-state index in [4.69, 9.17) is 5.11 Å². The molecule has 0 unspecified atom stereocenters. The minimum Gasteiger partial charge on any atom is -0.396 e. The molecule has 4 nitrogen and oxygen atoms in total. The van der Waals surface area contributed by atoms with Crippen molar-refractivity contribution in [2.45, 2.75) is 26.3 Å². The number of aliphatic hydroxyl groups is 1. The van der Waals surface area contributed by atoms with Gasteiger partial charge in [0.2, 0.25) is 0 Å². The average Bonchev–Trinajstić information content (AvgIpc) is 2.59. The van der Waals surface area contributed by atoms with Gasteiger partial charge in [-0.25, -0.2) is 0 Å². The lowest BCUT2D eigenvalue weighted by Gasteiger charge is -2.37.